The molecule has 2 aromatic carbocycles. The number of hydrogen-bond acceptors (Lipinski definition) is 12. The fourth-order valence-corrected chi connectivity index (χ4v) is 9.48. The van der Waals surface area contributed by atoms with Gasteiger partial charge in [-0.15, -0.1) is 0 Å². The van der Waals surface area contributed by atoms with Crippen molar-refractivity contribution in [2.45, 2.75) is 64.8 Å². The number of rotatable bonds is 8. The zero-order valence-electron chi connectivity index (χ0n) is 31.5. The smallest absolute Gasteiger partial charge is 0.271 e. The number of anilines is 2. The summed E-state index contributed by atoms with van der Waals surface area (Å²) < 4.78 is 6.34. The molecule has 5 aliphatic rings. The zero-order valence-corrected chi connectivity index (χ0v) is 32.3. The number of nitrogens with one attached hydrogen (secondary N) is 2. The number of benzene rings is 2. The van der Waals surface area contributed by atoms with Crippen LogP contribution in [0.1, 0.15) is 77.3 Å². The Balaban J connectivity index is 0.817. The predicted molar refractivity (Wildman–Crippen MR) is 204 cm³/mol. The van der Waals surface area contributed by atoms with E-state index in [9.17, 15) is 29.2 Å². The van der Waals surface area contributed by atoms with Crippen molar-refractivity contribution in [2.75, 3.05) is 49.1 Å². The number of carbonyl (C=O) groups excluding carboxylic acids is 5. The number of nitriles is 1. The van der Waals surface area contributed by atoms with Gasteiger partial charge in [-0.2, -0.15) is 5.26 Å². The first-order valence-electron chi connectivity index (χ1n) is 18.8. The maximum atomic E-state index is 13.4. The van der Waals surface area contributed by atoms with Crippen LogP contribution < -0.4 is 25.2 Å². The molecule has 56 heavy (non-hydrogen) atoms. The fraction of sp³-hybridized carbons (Fsp3) is 0.450. The van der Waals surface area contributed by atoms with Crippen LogP contribution in [0.4, 0.5) is 11.5 Å². The molecular weight excluding hydrogens is 738 g/mol. The van der Waals surface area contributed by atoms with E-state index >= 15 is 0 Å². The Kier molecular flexibility index (Phi) is 9.24. The number of aromatic nitrogens is 2. The lowest BCUT2D eigenvalue weighted by atomic mass is 9.49. The number of nitrogens with zero attached hydrogens (tertiary/aromatic N) is 7. The normalized spacial score (nSPS) is 24.5. The molecule has 5 amide bonds. The van der Waals surface area contributed by atoms with E-state index in [0.29, 0.717) is 28.2 Å². The standard InChI is InChI=1S/C40H42ClN9O6/c1-39(2)37(40(3,4)38(39)56-25-7-5-22(17-42)28(41)16-25)46-33(52)29-18-44-31(19-43-29)48-13-11-47(12-14-48)24-20-49(21-24)23-6-8-26-27(15-23)36(55)50(35(26)54)30-9-10-32(51)45-34(30)53/h5-8,15-16,18-19,24,30,37-38H,9-14,20-21H2,1-4H3,(H,46,52)(H,45,51,53). The molecule has 8 rings (SSSR count). The molecule has 1 aliphatic carbocycles. The molecule has 5 heterocycles. The van der Waals surface area contributed by atoms with Gasteiger partial charge in [0.1, 0.15) is 35.5 Å². The summed E-state index contributed by atoms with van der Waals surface area (Å²) in [6.45, 7) is 12.9. The van der Waals surface area contributed by atoms with Crippen LogP contribution in [0.5, 0.6) is 5.75 Å². The molecule has 0 bridgehead atoms. The molecule has 1 unspecified atom stereocenters. The summed E-state index contributed by atoms with van der Waals surface area (Å²) in [4.78, 5) is 80.6. The summed E-state index contributed by atoms with van der Waals surface area (Å²) >= 11 is 6.23. The number of hydrogen-bond donors (Lipinski definition) is 2. The van der Waals surface area contributed by atoms with Gasteiger partial charge < -0.3 is 19.9 Å². The average Bonchev–Trinajstić information content (AvgIpc) is 3.40. The SMILES string of the molecule is CC1(C)C(NC(=O)c2cnc(N3CCN(C4CN(c5ccc6c(c5)C(=O)N(C5CCC(=O)NC5=O)C6=O)C4)CC3)cn2)C(C)(C)C1Oc1ccc(C#N)c(Cl)c1. The second kappa shape index (κ2) is 13.9. The van der Waals surface area contributed by atoms with E-state index in [1.807, 2.05) is 33.8 Å². The van der Waals surface area contributed by atoms with Gasteiger partial charge in [0.05, 0.1) is 34.1 Å². The Labute approximate surface area is 328 Å². The largest absolute Gasteiger partial charge is 0.489 e. The highest BCUT2D eigenvalue weighted by molar-refractivity contribution is 6.31. The zero-order chi connectivity index (χ0) is 39.7. The van der Waals surface area contributed by atoms with Gasteiger partial charge >= 0.3 is 0 Å². The fourth-order valence-electron chi connectivity index (χ4n) is 9.27. The number of halogens is 1. The average molecular weight is 780 g/mol. The topological polar surface area (TPSA) is 181 Å². The Bertz CT molecular complexity index is 2170. The summed E-state index contributed by atoms with van der Waals surface area (Å²) in [5.41, 5.74) is 1.18. The lowest BCUT2D eigenvalue weighted by molar-refractivity contribution is -0.164. The van der Waals surface area contributed by atoms with Crippen molar-refractivity contribution in [3.63, 3.8) is 0 Å². The van der Waals surface area contributed by atoms with Crippen LogP contribution in [-0.2, 0) is 9.59 Å². The van der Waals surface area contributed by atoms with Crippen LogP contribution in [0, 0.1) is 22.2 Å². The number of piperidine rings is 1. The number of amides is 5. The Morgan fingerprint density at radius 3 is 2.29 bits per heavy atom. The van der Waals surface area contributed by atoms with Gasteiger partial charge in [-0.25, -0.2) is 9.97 Å². The second-order valence-electron chi connectivity index (χ2n) is 16.3. The Morgan fingerprint density at radius 2 is 1.64 bits per heavy atom. The van der Waals surface area contributed by atoms with Crippen LogP contribution in [-0.4, -0.2) is 113 Å². The number of carbonyl (C=O) groups is 5. The monoisotopic (exact) mass is 779 g/mol. The minimum Gasteiger partial charge on any atom is -0.489 e. The summed E-state index contributed by atoms with van der Waals surface area (Å²) in [6, 6.07) is 11.4. The van der Waals surface area contributed by atoms with Crippen LogP contribution in [0.25, 0.3) is 0 Å². The maximum Gasteiger partial charge on any atom is 0.271 e. The molecule has 4 aliphatic heterocycles. The van der Waals surface area contributed by atoms with E-state index < -0.39 is 40.5 Å². The molecule has 0 spiro atoms. The van der Waals surface area contributed by atoms with Crippen LogP contribution in [0.3, 0.4) is 0 Å². The highest BCUT2D eigenvalue weighted by Gasteiger charge is 2.64. The molecular formula is C40H42ClN9O6. The van der Waals surface area contributed by atoms with Gasteiger partial charge in [-0.1, -0.05) is 39.3 Å². The van der Waals surface area contributed by atoms with E-state index in [4.69, 9.17) is 16.3 Å². The predicted octanol–water partition coefficient (Wildman–Crippen LogP) is 3.03. The third-order valence-corrected chi connectivity index (χ3v) is 12.4. The molecule has 290 valence electrons. The number of ether oxygens (including phenoxy) is 1. The van der Waals surface area contributed by atoms with E-state index in [2.05, 4.69) is 41.4 Å². The molecule has 1 aromatic heterocycles. The first-order chi connectivity index (χ1) is 26.7. The molecule has 1 saturated carbocycles. The van der Waals surface area contributed by atoms with Crippen LogP contribution in [0.15, 0.2) is 48.8 Å². The lowest BCUT2D eigenvalue weighted by Crippen LogP contribution is -2.74. The molecule has 3 aromatic rings. The third-order valence-electron chi connectivity index (χ3n) is 12.1. The quantitative estimate of drug-likeness (QED) is 0.320. The number of piperazine rings is 1. The highest BCUT2D eigenvalue weighted by Crippen LogP contribution is 2.55. The molecule has 15 nitrogen and oxygen atoms in total. The van der Waals surface area contributed by atoms with Crippen molar-refractivity contribution in [2.24, 2.45) is 10.8 Å². The van der Waals surface area contributed by atoms with E-state index in [0.717, 1.165) is 49.9 Å². The van der Waals surface area contributed by atoms with E-state index in [1.165, 1.54) is 6.20 Å². The molecule has 1 atom stereocenters. The van der Waals surface area contributed by atoms with Gasteiger partial charge in [0.25, 0.3) is 17.7 Å². The first kappa shape index (κ1) is 37.3. The number of imide groups is 2. The highest BCUT2D eigenvalue weighted by atomic mass is 35.5. The maximum absolute atomic E-state index is 13.4. The Morgan fingerprint density at radius 1 is 0.929 bits per heavy atom. The summed E-state index contributed by atoms with van der Waals surface area (Å²) in [6.07, 6.45) is 3.14. The molecule has 0 radical (unpaired) electrons. The van der Waals surface area contributed by atoms with Crippen LogP contribution in [0.2, 0.25) is 5.02 Å². The van der Waals surface area contributed by atoms with Gasteiger partial charge in [-0.05, 0) is 36.8 Å². The van der Waals surface area contributed by atoms with Gasteiger partial charge in [0.15, 0.2) is 0 Å². The summed E-state index contributed by atoms with van der Waals surface area (Å²) in [5, 5.41) is 14.9. The van der Waals surface area contributed by atoms with Crippen molar-refractivity contribution >= 4 is 52.6 Å². The van der Waals surface area contributed by atoms with Crippen molar-refractivity contribution in [3.05, 3.63) is 76.2 Å². The van der Waals surface area contributed by atoms with E-state index in [1.54, 1.807) is 36.5 Å². The number of fused-ring (bicyclic) bond motifs is 1. The minimum atomic E-state index is -0.990. The first-order valence-corrected chi connectivity index (χ1v) is 19.1. The van der Waals surface area contributed by atoms with Crippen molar-refractivity contribution in [3.8, 4) is 11.8 Å². The molecule has 3 saturated heterocycles. The van der Waals surface area contributed by atoms with Crippen LogP contribution >= 0.6 is 11.6 Å². The molecule has 2 N–H and O–H groups in total. The summed E-state index contributed by atoms with van der Waals surface area (Å²) in [5.74, 6) is -1.08. The van der Waals surface area contributed by atoms with E-state index in [-0.39, 0.29) is 47.7 Å². The summed E-state index contributed by atoms with van der Waals surface area (Å²) in [7, 11) is 0. The van der Waals surface area contributed by atoms with Crippen molar-refractivity contribution in [1.82, 2.24) is 30.4 Å². The van der Waals surface area contributed by atoms with Gasteiger partial charge in [0.2, 0.25) is 11.8 Å². The lowest BCUT2D eigenvalue weighted by Gasteiger charge is -2.63. The third kappa shape index (κ3) is 6.30. The second-order valence-corrected chi connectivity index (χ2v) is 16.7. The van der Waals surface area contributed by atoms with Crippen molar-refractivity contribution < 1.29 is 28.7 Å². The van der Waals surface area contributed by atoms with Gasteiger partial charge in [0, 0.05) is 80.4 Å². The minimum absolute atomic E-state index is 0.0775. The Hall–Kier alpha value is -5.59. The molecule has 16 heteroatoms. The van der Waals surface area contributed by atoms with Gasteiger partial charge in [-0.3, -0.25) is 39.1 Å². The van der Waals surface area contributed by atoms with Crippen molar-refractivity contribution in [1.29, 1.82) is 5.26 Å². The molecule has 4 fully saturated rings.